The second kappa shape index (κ2) is 4.10. The molecule has 74 valence electrons. The fraction of sp³-hybridized carbons (Fsp3) is 0.250. The summed E-state index contributed by atoms with van der Waals surface area (Å²) in [6.07, 6.45) is 7.85. The number of rotatable bonds is 3. The van der Waals surface area contributed by atoms with Crippen molar-refractivity contribution in [3.05, 3.63) is 24.8 Å². The molecule has 0 amide bonds. The number of hydrogen-bond acceptors (Lipinski definition) is 2. The molecule has 0 radical (unpaired) electrons. The van der Waals surface area contributed by atoms with Crippen LogP contribution in [0.2, 0.25) is 0 Å². The summed E-state index contributed by atoms with van der Waals surface area (Å²) < 4.78 is 4.11. The Morgan fingerprint density at radius 1 is 0.929 bits per heavy atom. The lowest BCUT2D eigenvalue weighted by Gasteiger charge is -1.91. The number of imidazole rings is 2. The molecule has 0 fully saturated rings. The van der Waals surface area contributed by atoms with Crippen LogP contribution in [-0.4, -0.2) is 9.97 Å². The van der Waals surface area contributed by atoms with Gasteiger partial charge in [-0.1, -0.05) is 0 Å². The van der Waals surface area contributed by atoms with Crippen LogP contribution >= 0.6 is 21.6 Å². The zero-order valence-corrected chi connectivity index (χ0v) is 9.65. The van der Waals surface area contributed by atoms with E-state index in [4.69, 9.17) is 0 Å². The predicted molar refractivity (Wildman–Crippen MR) is 55.7 cm³/mol. The highest BCUT2D eigenvalue weighted by Gasteiger charge is 2.14. The summed E-state index contributed by atoms with van der Waals surface area (Å²) in [5.74, 6) is 0. The molecule has 0 saturated heterocycles. The molecule has 2 heterocycles. The minimum Gasteiger partial charge on any atom is -0.237 e. The van der Waals surface area contributed by atoms with Crippen molar-refractivity contribution in [2.24, 2.45) is 14.1 Å². The first-order valence-corrected chi connectivity index (χ1v) is 6.33. The number of aromatic nitrogens is 4. The van der Waals surface area contributed by atoms with E-state index in [2.05, 4.69) is 19.1 Å². The Bertz CT molecular complexity index is 380. The zero-order chi connectivity index (χ0) is 9.97. The maximum atomic E-state index is 3.17. The molecule has 6 heteroatoms. The van der Waals surface area contributed by atoms with E-state index in [0.717, 1.165) is 10.3 Å². The highest BCUT2D eigenvalue weighted by Crippen LogP contribution is 2.31. The summed E-state index contributed by atoms with van der Waals surface area (Å²) in [6, 6.07) is 0. The van der Waals surface area contributed by atoms with Gasteiger partial charge in [-0.3, -0.25) is 0 Å². The van der Waals surface area contributed by atoms with Crippen LogP contribution in [0.1, 0.15) is 0 Å². The average molecular weight is 228 g/mol. The van der Waals surface area contributed by atoms with Gasteiger partial charge in [0, 0.05) is 21.6 Å². The maximum absolute atomic E-state index is 3.17. The van der Waals surface area contributed by atoms with E-state index < -0.39 is 0 Å². The summed E-state index contributed by atoms with van der Waals surface area (Å²) in [6.45, 7) is 0. The van der Waals surface area contributed by atoms with Crippen molar-refractivity contribution >= 4 is 21.6 Å². The van der Waals surface area contributed by atoms with Gasteiger partial charge in [-0.2, -0.15) is 0 Å². The summed E-state index contributed by atoms with van der Waals surface area (Å²) in [4.78, 5) is 6.34. The van der Waals surface area contributed by atoms with Crippen LogP contribution in [0.4, 0.5) is 0 Å². The van der Waals surface area contributed by atoms with Crippen molar-refractivity contribution in [1.29, 1.82) is 0 Å². The van der Waals surface area contributed by atoms with Crippen LogP contribution in [0.3, 0.4) is 0 Å². The van der Waals surface area contributed by atoms with E-state index in [9.17, 15) is 0 Å². The molecule has 0 unspecified atom stereocenters. The Morgan fingerprint density at radius 2 is 1.36 bits per heavy atom. The standard InChI is InChI=1S/C8H10N4S2/c1-11-5-3-9-7(11)13-14-8-10-4-6-12(8)2/h3-6H,1-2H3/p+2. The lowest BCUT2D eigenvalue weighted by molar-refractivity contribution is -0.708. The van der Waals surface area contributed by atoms with Gasteiger partial charge in [-0.15, -0.1) is 0 Å². The van der Waals surface area contributed by atoms with Crippen molar-refractivity contribution < 1.29 is 9.13 Å². The van der Waals surface area contributed by atoms with Crippen LogP contribution in [-0.2, 0) is 14.1 Å². The molecule has 4 nitrogen and oxygen atoms in total. The molecule has 2 N–H and O–H groups in total. The second-order valence-corrected chi connectivity index (χ2v) is 5.03. The number of H-pyrrole nitrogens is 2. The lowest BCUT2D eigenvalue weighted by atomic mass is 10.9. The van der Waals surface area contributed by atoms with Gasteiger partial charge in [0.1, 0.15) is 24.8 Å². The molecule has 0 atom stereocenters. The monoisotopic (exact) mass is 228 g/mol. The van der Waals surface area contributed by atoms with Gasteiger partial charge < -0.3 is 0 Å². The van der Waals surface area contributed by atoms with E-state index in [0.29, 0.717) is 0 Å². The van der Waals surface area contributed by atoms with Gasteiger partial charge in [0.2, 0.25) is 0 Å². The molecule has 0 saturated carbocycles. The third-order valence-corrected chi connectivity index (χ3v) is 4.26. The molecule has 0 aliphatic heterocycles. The van der Waals surface area contributed by atoms with Gasteiger partial charge in [0.15, 0.2) is 0 Å². The number of hydrogen-bond donors (Lipinski definition) is 2. The topological polar surface area (TPSA) is 39.3 Å². The number of nitrogens with one attached hydrogen (secondary N) is 2. The van der Waals surface area contributed by atoms with Gasteiger partial charge in [-0.05, 0) is 0 Å². The molecule has 0 bridgehead atoms. The van der Waals surface area contributed by atoms with Crippen molar-refractivity contribution in [2.75, 3.05) is 0 Å². The van der Waals surface area contributed by atoms with Gasteiger partial charge >= 0.3 is 10.3 Å². The van der Waals surface area contributed by atoms with Crippen LogP contribution in [0.5, 0.6) is 0 Å². The predicted octanol–water partition coefficient (Wildman–Crippen LogP) is 0.791. The molecular formula is C8H12N4S2+2. The van der Waals surface area contributed by atoms with E-state index in [-0.39, 0.29) is 0 Å². The lowest BCUT2D eigenvalue weighted by Crippen LogP contribution is -2.28. The Balaban J connectivity index is 2.02. The Kier molecular flexibility index (Phi) is 2.83. The number of aromatic amines is 2. The highest BCUT2D eigenvalue weighted by atomic mass is 33.1. The van der Waals surface area contributed by atoms with Crippen LogP contribution < -0.4 is 9.13 Å². The molecule has 0 aromatic carbocycles. The zero-order valence-electron chi connectivity index (χ0n) is 8.02. The Morgan fingerprint density at radius 3 is 1.64 bits per heavy atom. The summed E-state index contributed by atoms with van der Waals surface area (Å²) in [5.41, 5.74) is 0. The van der Waals surface area contributed by atoms with Crippen LogP contribution in [0.25, 0.3) is 0 Å². The first-order valence-electron chi connectivity index (χ1n) is 4.18. The Labute approximate surface area is 90.1 Å². The summed E-state index contributed by atoms with van der Waals surface area (Å²) in [7, 11) is 7.44. The van der Waals surface area contributed by atoms with E-state index in [1.807, 2.05) is 38.9 Å². The van der Waals surface area contributed by atoms with Crippen molar-refractivity contribution in [3.63, 3.8) is 0 Å². The fourth-order valence-corrected chi connectivity index (χ4v) is 3.24. The Hall–Kier alpha value is -0.880. The first kappa shape index (κ1) is 9.67. The van der Waals surface area contributed by atoms with Crippen LogP contribution in [0, 0.1) is 0 Å². The fourth-order valence-electron chi connectivity index (χ4n) is 1.02. The van der Waals surface area contributed by atoms with E-state index in [1.54, 1.807) is 21.6 Å². The van der Waals surface area contributed by atoms with Gasteiger partial charge in [-0.25, -0.2) is 19.1 Å². The minimum absolute atomic E-state index is 1.13. The molecule has 2 aromatic rings. The van der Waals surface area contributed by atoms with Crippen molar-refractivity contribution in [3.8, 4) is 0 Å². The molecular weight excluding hydrogens is 216 g/mol. The van der Waals surface area contributed by atoms with Gasteiger partial charge in [0.25, 0.3) is 0 Å². The third-order valence-electron chi connectivity index (χ3n) is 1.85. The van der Waals surface area contributed by atoms with E-state index in [1.165, 1.54) is 0 Å². The molecule has 14 heavy (non-hydrogen) atoms. The highest BCUT2D eigenvalue weighted by molar-refractivity contribution is 8.76. The average Bonchev–Trinajstić information content (AvgIpc) is 2.72. The van der Waals surface area contributed by atoms with E-state index >= 15 is 0 Å². The molecule has 2 rings (SSSR count). The van der Waals surface area contributed by atoms with Crippen molar-refractivity contribution in [1.82, 2.24) is 9.97 Å². The molecule has 2 aromatic heterocycles. The SMILES string of the molecule is C[n+]1cc[nH]c1SSc1[nH]cc[n+]1C. The smallest absolute Gasteiger partial charge is 0.237 e. The summed E-state index contributed by atoms with van der Waals surface area (Å²) >= 11 is 0. The maximum Gasteiger partial charge on any atom is 0.326 e. The first-order chi connectivity index (χ1) is 6.77. The third kappa shape index (κ3) is 1.96. The molecule has 0 aliphatic rings. The minimum atomic E-state index is 1.13. The normalized spacial score (nSPS) is 10.7. The second-order valence-electron chi connectivity index (χ2n) is 2.92. The quantitative estimate of drug-likeness (QED) is 0.602. The molecule has 0 aliphatic carbocycles. The molecule has 0 spiro atoms. The largest absolute Gasteiger partial charge is 0.326 e. The number of nitrogens with zero attached hydrogens (tertiary/aromatic N) is 2. The van der Waals surface area contributed by atoms with Crippen LogP contribution in [0.15, 0.2) is 35.1 Å². The van der Waals surface area contributed by atoms with Crippen molar-refractivity contribution in [2.45, 2.75) is 10.3 Å². The van der Waals surface area contributed by atoms with Gasteiger partial charge in [0.05, 0.1) is 14.1 Å². The summed E-state index contributed by atoms with van der Waals surface area (Å²) in [5, 5.41) is 2.26. The number of aryl methyl sites for hydroxylation is 2.